The largest absolute Gasteiger partial charge is 0.348 e. The highest BCUT2D eigenvalue weighted by Crippen LogP contribution is 2.35. The maximum absolute atomic E-state index is 12.7. The van der Waals surface area contributed by atoms with Gasteiger partial charge in [-0.25, -0.2) is 0 Å². The molecule has 1 amide bonds. The summed E-state index contributed by atoms with van der Waals surface area (Å²) in [5.41, 5.74) is 4.57. The van der Waals surface area contributed by atoms with Gasteiger partial charge in [0.1, 0.15) is 0 Å². The second-order valence-corrected chi connectivity index (χ2v) is 8.97. The molecule has 1 N–H and O–H groups in total. The third kappa shape index (κ3) is 4.97. The minimum Gasteiger partial charge on any atom is -0.348 e. The normalized spacial score (nSPS) is 17.0. The molecule has 1 aliphatic heterocycles. The standard InChI is InChI=1S/C26H23Cl2N3O/c1-17-14-22(28)10-11-24(17)25(19-6-8-21(27)9-7-19)31-13-12-23(16-31)30-26(32)20-4-2-18(15-29)3-5-20/h2-11,14,23,25H,12-13,16H2,1H3,(H,30,32)/t23-,25?/m1/s1. The number of halogens is 2. The Morgan fingerprint density at radius 1 is 1.06 bits per heavy atom. The van der Waals surface area contributed by atoms with Crippen molar-refractivity contribution in [1.29, 1.82) is 5.26 Å². The topological polar surface area (TPSA) is 56.1 Å². The summed E-state index contributed by atoms with van der Waals surface area (Å²) < 4.78 is 0. The Balaban J connectivity index is 1.54. The number of nitrogens with one attached hydrogen (secondary N) is 1. The fourth-order valence-electron chi connectivity index (χ4n) is 4.28. The van der Waals surface area contributed by atoms with Crippen LogP contribution < -0.4 is 5.32 Å². The molecule has 1 aliphatic rings. The molecule has 162 valence electrons. The number of hydrogen-bond acceptors (Lipinski definition) is 3. The molecule has 0 saturated carbocycles. The molecule has 4 nitrogen and oxygen atoms in total. The summed E-state index contributed by atoms with van der Waals surface area (Å²) in [5.74, 6) is -0.118. The van der Waals surface area contributed by atoms with E-state index in [1.807, 2.05) is 24.3 Å². The highest BCUT2D eigenvalue weighted by Gasteiger charge is 2.32. The highest BCUT2D eigenvalue weighted by molar-refractivity contribution is 6.30. The van der Waals surface area contributed by atoms with E-state index in [4.69, 9.17) is 28.5 Å². The lowest BCUT2D eigenvalue weighted by Crippen LogP contribution is -2.38. The van der Waals surface area contributed by atoms with Crippen molar-refractivity contribution in [3.8, 4) is 6.07 Å². The smallest absolute Gasteiger partial charge is 0.251 e. The Morgan fingerprint density at radius 3 is 2.41 bits per heavy atom. The SMILES string of the molecule is Cc1cc(Cl)ccc1C(c1ccc(Cl)cc1)N1CC[C@@H](NC(=O)c2ccc(C#N)cc2)C1. The van der Waals surface area contributed by atoms with Crippen molar-refractivity contribution >= 4 is 29.1 Å². The van der Waals surface area contributed by atoms with Crippen LogP contribution in [0.5, 0.6) is 0 Å². The first-order valence-electron chi connectivity index (χ1n) is 10.5. The van der Waals surface area contributed by atoms with Gasteiger partial charge < -0.3 is 5.32 Å². The van der Waals surface area contributed by atoms with Crippen molar-refractivity contribution in [2.24, 2.45) is 0 Å². The lowest BCUT2D eigenvalue weighted by Gasteiger charge is -2.30. The van der Waals surface area contributed by atoms with Crippen LogP contribution in [0.1, 0.15) is 45.1 Å². The molecule has 4 rings (SSSR count). The predicted molar refractivity (Wildman–Crippen MR) is 128 cm³/mol. The Bertz CT molecular complexity index is 1150. The van der Waals surface area contributed by atoms with Crippen molar-refractivity contribution in [3.63, 3.8) is 0 Å². The van der Waals surface area contributed by atoms with Gasteiger partial charge in [0.25, 0.3) is 5.91 Å². The molecule has 0 bridgehead atoms. The summed E-state index contributed by atoms with van der Waals surface area (Å²) in [6.45, 7) is 3.66. The summed E-state index contributed by atoms with van der Waals surface area (Å²) in [5, 5.41) is 13.5. The second kappa shape index (κ2) is 9.75. The molecule has 0 spiro atoms. The molecule has 32 heavy (non-hydrogen) atoms. The number of hydrogen-bond donors (Lipinski definition) is 1. The maximum Gasteiger partial charge on any atom is 0.251 e. The quantitative estimate of drug-likeness (QED) is 0.522. The van der Waals surface area contributed by atoms with E-state index in [9.17, 15) is 4.79 Å². The van der Waals surface area contributed by atoms with Gasteiger partial charge in [0.05, 0.1) is 17.7 Å². The number of amides is 1. The maximum atomic E-state index is 12.7. The van der Waals surface area contributed by atoms with Gasteiger partial charge in [0.15, 0.2) is 0 Å². The van der Waals surface area contributed by atoms with E-state index < -0.39 is 0 Å². The zero-order valence-corrected chi connectivity index (χ0v) is 19.2. The van der Waals surface area contributed by atoms with Gasteiger partial charge in [-0.1, -0.05) is 41.4 Å². The van der Waals surface area contributed by atoms with E-state index in [1.54, 1.807) is 24.3 Å². The fourth-order valence-corrected chi connectivity index (χ4v) is 4.64. The van der Waals surface area contributed by atoms with Gasteiger partial charge in [-0.2, -0.15) is 5.26 Å². The predicted octanol–water partition coefficient (Wildman–Crippen LogP) is 5.77. The summed E-state index contributed by atoms with van der Waals surface area (Å²) >= 11 is 12.3. The van der Waals surface area contributed by atoms with Crippen molar-refractivity contribution in [3.05, 3.63) is 105 Å². The summed E-state index contributed by atoms with van der Waals surface area (Å²) in [6, 6.07) is 22.8. The molecule has 6 heteroatoms. The molecule has 0 aliphatic carbocycles. The van der Waals surface area contributed by atoms with Crippen LogP contribution in [-0.4, -0.2) is 29.9 Å². The van der Waals surface area contributed by atoms with Crippen molar-refractivity contribution in [2.75, 3.05) is 13.1 Å². The third-order valence-corrected chi connectivity index (χ3v) is 6.40. The minimum absolute atomic E-state index is 0.0422. The molecule has 3 aromatic rings. The van der Waals surface area contributed by atoms with Gasteiger partial charge in [-0.3, -0.25) is 9.69 Å². The van der Waals surface area contributed by atoms with Crippen molar-refractivity contribution < 1.29 is 4.79 Å². The molecule has 2 atom stereocenters. The summed E-state index contributed by atoms with van der Waals surface area (Å²) in [7, 11) is 0. The van der Waals surface area contributed by atoms with Crippen LogP contribution in [0.25, 0.3) is 0 Å². The van der Waals surface area contributed by atoms with Crippen molar-refractivity contribution in [2.45, 2.75) is 25.4 Å². The molecular weight excluding hydrogens is 441 g/mol. The van der Waals surface area contributed by atoms with Gasteiger partial charge >= 0.3 is 0 Å². The molecule has 0 radical (unpaired) electrons. The first kappa shape index (κ1) is 22.4. The monoisotopic (exact) mass is 463 g/mol. The lowest BCUT2D eigenvalue weighted by atomic mass is 9.94. The first-order valence-corrected chi connectivity index (χ1v) is 11.3. The number of carbonyl (C=O) groups excluding carboxylic acids is 1. The Morgan fingerprint density at radius 2 is 1.75 bits per heavy atom. The van der Waals surface area contributed by atoms with Gasteiger partial charge in [-0.15, -0.1) is 0 Å². The number of aryl methyl sites for hydroxylation is 1. The van der Waals surface area contributed by atoms with Gasteiger partial charge in [0, 0.05) is 34.7 Å². The Labute approximate surface area is 198 Å². The number of likely N-dealkylation sites (tertiary alicyclic amines) is 1. The average molecular weight is 464 g/mol. The highest BCUT2D eigenvalue weighted by atomic mass is 35.5. The summed E-state index contributed by atoms with van der Waals surface area (Å²) in [4.78, 5) is 15.1. The van der Waals surface area contributed by atoms with E-state index in [0.717, 1.165) is 35.7 Å². The van der Waals surface area contributed by atoms with Gasteiger partial charge in [-0.05, 0) is 78.6 Å². The van der Waals surface area contributed by atoms with Crippen LogP contribution in [0.3, 0.4) is 0 Å². The number of benzene rings is 3. The molecule has 1 unspecified atom stereocenters. The third-order valence-electron chi connectivity index (χ3n) is 5.91. The summed E-state index contributed by atoms with van der Waals surface area (Å²) in [6.07, 6.45) is 0.860. The van der Waals surface area contributed by atoms with Crippen LogP contribution in [0.4, 0.5) is 0 Å². The van der Waals surface area contributed by atoms with E-state index >= 15 is 0 Å². The van der Waals surface area contributed by atoms with Crippen molar-refractivity contribution in [1.82, 2.24) is 10.2 Å². The minimum atomic E-state index is -0.118. The number of nitriles is 1. The zero-order valence-electron chi connectivity index (χ0n) is 17.7. The van der Waals surface area contributed by atoms with E-state index in [-0.39, 0.29) is 18.0 Å². The number of nitrogens with zero attached hydrogens (tertiary/aromatic N) is 2. The van der Waals surface area contributed by atoms with Crippen LogP contribution in [0, 0.1) is 18.3 Å². The van der Waals surface area contributed by atoms with E-state index in [1.165, 1.54) is 5.56 Å². The molecular formula is C26H23Cl2N3O. The first-order chi connectivity index (χ1) is 15.4. The number of carbonyl (C=O) groups is 1. The van der Waals surface area contributed by atoms with Crippen LogP contribution >= 0.6 is 23.2 Å². The zero-order chi connectivity index (χ0) is 22.7. The van der Waals surface area contributed by atoms with Crippen LogP contribution in [-0.2, 0) is 0 Å². The molecule has 1 fully saturated rings. The molecule has 0 aromatic heterocycles. The Kier molecular flexibility index (Phi) is 6.81. The van der Waals surface area contributed by atoms with E-state index in [0.29, 0.717) is 16.1 Å². The van der Waals surface area contributed by atoms with Crippen LogP contribution in [0.2, 0.25) is 10.0 Å². The van der Waals surface area contributed by atoms with Gasteiger partial charge in [0.2, 0.25) is 0 Å². The van der Waals surface area contributed by atoms with Crippen LogP contribution in [0.15, 0.2) is 66.7 Å². The molecule has 3 aromatic carbocycles. The lowest BCUT2D eigenvalue weighted by molar-refractivity contribution is 0.0937. The average Bonchev–Trinajstić information content (AvgIpc) is 3.24. The molecule has 1 heterocycles. The second-order valence-electron chi connectivity index (χ2n) is 8.10. The van der Waals surface area contributed by atoms with E-state index in [2.05, 4.69) is 41.4 Å². The fraction of sp³-hybridized carbons (Fsp3) is 0.231. The number of rotatable bonds is 5. The Hall–Kier alpha value is -2.84. The molecule has 1 saturated heterocycles.